The predicted molar refractivity (Wildman–Crippen MR) is 137 cm³/mol. The number of esters is 1. The molecule has 1 fully saturated rings. The SMILES string of the molecule is CCOC(=O)C1CCN(C(=NC)NCc2ccnc(Oc3ccc(C)c(C)c3)c2)CC1.I. The number of halogens is 1. The summed E-state index contributed by atoms with van der Waals surface area (Å²) in [5, 5.41) is 3.41. The third-order valence-corrected chi connectivity index (χ3v) is 5.58. The number of carbonyl (C=O) groups is 1. The Bertz CT molecular complexity index is 927. The molecular weight excluding hydrogens is 519 g/mol. The molecule has 1 aliphatic heterocycles. The van der Waals surface area contributed by atoms with Crippen LogP contribution < -0.4 is 10.1 Å². The molecule has 1 aromatic heterocycles. The van der Waals surface area contributed by atoms with Crippen LogP contribution in [0.2, 0.25) is 0 Å². The van der Waals surface area contributed by atoms with Gasteiger partial charge in [0.05, 0.1) is 12.5 Å². The molecule has 0 spiro atoms. The lowest BCUT2D eigenvalue weighted by molar-refractivity contribution is -0.149. The third kappa shape index (κ3) is 7.08. The minimum atomic E-state index is -0.0850. The lowest BCUT2D eigenvalue weighted by Crippen LogP contribution is -2.46. The molecule has 1 saturated heterocycles. The van der Waals surface area contributed by atoms with Gasteiger partial charge in [-0.15, -0.1) is 24.0 Å². The van der Waals surface area contributed by atoms with Crippen molar-refractivity contribution in [2.24, 2.45) is 10.9 Å². The fourth-order valence-corrected chi connectivity index (χ4v) is 3.61. The van der Waals surface area contributed by atoms with Crippen molar-refractivity contribution in [1.29, 1.82) is 0 Å². The number of benzene rings is 1. The summed E-state index contributed by atoms with van der Waals surface area (Å²) in [5.74, 6) is 2.07. The van der Waals surface area contributed by atoms with Gasteiger partial charge in [0.15, 0.2) is 5.96 Å². The fraction of sp³-hybridized carbons (Fsp3) is 0.458. The molecule has 174 valence electrons. The van der Waals surface area contributed by atoms with Crippen LogP contribution in [0.15, 0.2) is 41.5 Å². The van der Waals surface area contributed by atoms with E-state index in [0.29, 0.717) is 19.0 Å². The van der Waals surface area contributed by atoms with Gasteiger partial charge in [-0.05, 0) is 68.5 Å². The molecule has 7 nitrogen and oxygen atoms in total. The van der Waals surface area contributed by atoms with Gasteiger partial charge < -0.3 is 19.7 Å². The van der Waals surface area contributed by atoms with Gasteiger partial charge >= 0.3 is 5.97 Å². The van der Waals surface area contributed by atoms with E-state index in [1.165, 1.54) is 11.1 Å². The number of carbonyl (C=O) groups excluding carboxylic acids is 1. The average molecular weight is 552 g/mol. The summed E-state index contributed by atoms with van der Waals surface area (Å²) in [6, 6.07) is 9.91. The number of guanidine groups is 1. The van der Waals surface area contributed by atoms with E-state index in [2.05, 4.69) is 34.0 Å². The molecule has 0 atom stereocenters. The quantitative estimate of drug-likeness (QED) is 0.247. The van der Waals surface area contributed by atoms with Crippen molar-refractivity contribution in [2.45, 2.75) is 40.2 Å². The molecule has 1 aromatic carbocycles. The summed E-state index contributed by atoms with van der Waals surface area (Å²) in [6.45, 7) is 8.59. The summed E-state index contributed by atoms with van der Waals surface area (Å²) < 4.78 is 11.1. The van der Waals surface area contributed by atoms with E-state index >= 15 is 0 Å². The van der Waals surface area contributed by atoms with Crippen LogP contribution in [0.1, 0.15) is 36.5 Å². The fourth-order valence-electron chi connectivity index (χ4n) is 3.61. The summed E-state index contributed by atoms with van der Waals surface area (Å²) in [5.41, 5.74) is 3.47. The van der Waals surface area contributed by atoms with Gasteiger partial charge in [0, 0.05) is 38.9 Å². The first-order valence-electron chi connectivity index (χ1n) is 10.8. The largest absolute Gasteiger partial charge is 0.466 e. The zero-order valence-electron chi connectivity index (χ0n) is 19.3. The maximum Gasteiger partial charge on any atom is 0.309 e. The molecule has 8 heteroatoms. The standard InChI is InChI=1S/C24H32N4O3.HI/c1-5-30-23(29)20-9-12-28(13-10-20)24(25-4)27-16-19-8-11-26-22(15-19)31-21-7-6-17(2)18(3)14-21;/h6-8,11,14-15,20H,5,9-10,12-13,16H2,1-4H3,(H,25,27);1H. The minimum Gasteiger partial charge on any atom is -0.466 e. The van der Waals surface area contributed by atoms with Crippen LogP contribution in [-0.2, 0) is 16.1 Å². The van der Waals surface area contributed by atoms with Crippen LogP contribution in [0, 0.1) is 19.8 Å². The van der Waals surface area contributed by atoms with E-state index < -0.39 is 0 Å². The second-order valence-corrected chi connectivity index (χ2v) is 7.76. The molecular formula is C24H33IN4O3. The highest BCUT2D eigenvalue weighted by Crippen LogP contribution is 2.23. The molecule has 32 heavy (non-hydrogen) atoms. The van der Waals surface area contributed by atoms with E-state index in [1.54, 1.807) is 13.2 Å². The van der Waals surface area contributed by atoms with Gasteiger partial charge in [0.25, 0.3) is 0 Å². The zero-order valence-corrected chi connectivity index (χ0v) is 21.6. The van der Waals surface area contributed by atoms with Crippen molar-refractivity contribution in [3.05, 3.63) is 53.2 Å². The van der Waals surface area contributed by atoms with E-state index in [-0.39, 0.29) is 35.9 Å². The normalized spacial score (nSPS) is 14.5. The predicted octanol–water partition coefficient (Wildman–Crippen LogP) is 4.46. The van der Waals surface area contributed by atoms with Crippen LogP contribution in [-0.4, -0.2) is 48.6 Å². The Kier molecular flexibility index (Phi) is 10.2. The highest BCUT2D eigenvalue weighted by atomic mass is 127. The molecule has 1 aliphatic rings. The number of piperidine rings is 1. The first-order valence-corrected chi connectivity index (χ1v) is 10.8. The van der Waals surface area contributed by atoms with Gasteiger partial charge in [-0.3, -0.25) is 9.79 Å². The number of rotatable bonds is 6. The first-order chi connectivity index (χ1) is 15.0. The van der Waals surface area contributed by atoms with Gasteiger partial charge in [0.2, 0.25) is 5.88 Å². The molecule has 0 unspecified atom stereocenters. The summed E-state index contributed by atoms with van der Waals surface area (Å²) in [6.07, 6.45) is 3.31. The number of ether oxygens (including phenoxy) is 2. The van der Waals surface area contributed by atoms with Crippen LogP contribution in [0.3, 0.4) is 0 Å². The Morgan fingerprint density at radius 2 is 1.94 bits per heavy atom. The van der Waals surface area contributed by atoms with Gasteiger partial charge in [-0.2, -0.15) is 0 Å². The molecule has 0 saturated carbocycles. The van der Waals surface area contributed by atoms with Crippen LogP contribution in [0.25, 0.3) is 0 Å². The number of nitrogens with one attached hydrogen (secondary N) is 1. The van der Waals surface area contributed by atoms with Crippen molar-refractivity contribution in [2.75, 3.05) is 26.7 Å². The number of aromatic nitrogens is 1. The average Bonchev–Trinajstić information content (AvgIpc) is 2.77. The van der Waals surface area contributed by atoms with Crippen molar-refractivity contribution < 1.29 is 14.3 Å². The molecule has 0 bridgehead atoms. The van der Waals surface area contributed by atoms with Crippen molar-refractivity contribution in [3.63, 3.8) is 0 Å². The van der Waals surface area contributed by atoms with Crippen LogP contribution >= 0.6 is 24.0 Å². The molecule has 0 amide bonds. The highest BCUT2D eigenvalue weighted by molar-refractivity contribution is 14.0. The number of hydrogen-bond donors (Lipinski definition) is 1. The van der Waals surface area contributed by atoms with Crippen molar-refractivity contribution in [3.8, 4) is 11.6 Å². The van der Waals surface area contributed by atoms with Crippen LogP contribution in [0.5, 0.6) is 11.6 Å². The van der Waals surface area contributed by atoms with Gasteiger partial charge in [-0.25, -0.2) is 4.98 Å². The highest BCUT2D eigenvalue weighted by Gasteiger charge is 2.27. The van der Waals surface area contributed by atoms with Crippen LogP contribution in [0.4, 0.5) is 0 Å². The maximum absolute atomic E-state index is 11.9. The maximum atomic E-state index is 11.9. The molecule has 0 aliphatic carbocycles. The topological polar surface area (TPSA) is 76.0 Å². The Labute approximate surface area is 207 Å². The summed E-state index contributed by atoms with van der Waals surface area (Å²) in [4.78, 5) is 22.9. The van der Waals surface area contributed by atoms with Gasteiger partial charge in [0.1, 0.15) is 5.75 Å². The number of likely N-dealkylation sites (tertiary alicyclic amines) is 1. The molecule has 2 heterocycles. The molecule has 0 radical (unpaired) electrons. The first kappa shape index (κ1) is 25.9. The van der Waals surface area contributed by atoms with E-state index in [1.807, 2.05) is 37.3 Å². The molecule has 3 rings (SSSR count). The number of nitrogens with zero attached hydrogens (tertiary/aromatic N) is 3. The summed E-state index contributed by atoms with van der Waals surface area (Å²) >= 11 is 0. The van der Waals surface area contributed by atoms with E-state index in [0.717, 1.165) is 43.2 Å². The Morgan fingerprint density at radius 3 is 2.59 bits per heavy atom. The van der Waals surface area contributed by atoms with E-state index in [9.17, 15) is 4.79 Å². The van der Waals surface area contributed by atoms with E-state index in [4.69, 9.17) is 9.47 Å². The van der Waals surface area contributed by atoms with Crippen molar-refractivity contribution >= 4 is 35.9 Å². The van der Waals surface area contributed by atoms with Crippen molar-refractivity contribution in [1.82, 2.24) is 15.2 Å². The number of aliphatic imine (C=N–C) groups is 1. The molecule has 2 aromatic rings. The zero-order chi connectivity index (χ0) is 22.2. The Morgan fingerprint density at radius 1 is 1.19 bits per heavy atom. The number of pyridine rings is 1. The second kappa shape index (κ2) is 12.6. The Balaban J connectivity index is 0.00000363. The molecule has 1 N–H and O–H groups in total. The number of hydrogen-bond acceptors (Lipinski definition) is 5. The minimum absolute atomic E-state index is 0. The summed E-state index contributed by atoms with van der Waals surface area (Å²) in [7, 11) is 1.78. The lowest BCUT2D eigenvalue weighted by atomic mass is 9.97. The monoisotopic (exact) mass is 552 g/mol. The lowest BCUT2D eigenvalue weighted by Gasteiger charge is -2.33. The second-order valence-electron chi connectivity index (χ2n) is 7.76. The third-order valence-electron chi connectivity index (χ3n) is 5.58. The van der Waals surface area contributed by atoms with Gasteiger partial charge in [-0.1, -0.05) is 6.07 Å². The smallest absolute Gasteiger partial charge is 0.309 e. The Hall–Kier alpha value is -2.36. The number of aryl methyl sites for hydroxylation is 2.